The third kappa shape index (κ3) is 2.71. The van der Waals surface area contributed by atoms with E-state index in [1.54, 1.807) is 18.4 Å². The molecule has 2 nitrogen and oxygen atoms in total. The van der Waals surface area contributed by atoms with Gasteiger partial charge in [0.25, 0.3) is 0 Å². The predicted octanol–water partition coefficient (Wildman–Crippen LogP) is 2.26. The lowest BCUT2D eigenvalue weighted by atomic mass is 10.4. The molecule has 0 atom stereocenters. The highest BCUT2D eigenvalue weighted by Crippen LogP contribution is 2.28. The maximum atomic E-state index is 5.13. The first-order valence-corrected chi connectivity index (χ1v) is 5.53. The van der Waals surface area contributed by atoms with Crippen LogP contribution in [0.4, 0.5) is 0 Å². The van der Waals surface area contributed by atoms with Crippen molar-refractivity contribution in [3.8, 4) is 5.06 Å². The Kier molecular flexibility index (Phi) is 2.86. The molecule has 2 rings (SSSR count). The van der Waals surface area contributed by atoms with Crippen LogP contribution in [0.25, 0.3) is 0 Å². The maximum absolute atomic E-state index is 5.13. The van der Waals surface area contributed by atoms with Crippen LogP contribution in [-0.2, 0) is 6.54 Å². The number of ether oxygens (including phenoxy) is 1. The molecule has 0 bridgehead atoms. The normalized spacial score (nSPS) is 16.1. The van der Waals surface area contributed by atoms with E-state index in [-0.39, 0.29) is 0 Å². The first-order chi connectivity index (χ1) is 6.38. The van der Waals surface area contributed by atoms with Gasteiger partial charge in [0.2, 0.25) is 0 Å². The Labute approximate surface area is 82.9 Å². The molecule has 1 aliphatic carbocycles. The van der Waals surface area contributed by atoms with E-state index in [9.17, 15) is 0 Å². The third-order valence-electron chi connectivity index (χ3n) is 2.27. The Bertz CT molecular complexity index is 268. The Morgan fingerprint density at radius 3 is 3.00 bits per heavy atom. The second-order valence-electron chi connectivity index (χ2n) is 3.50. The van der Waals surface area contributed by atoms with Crippen molar-refractivity contribution in [3.63, 3.8) is 0 Å². The fourth-order valence-electron chi connectivity index (χ4n) is 1.28. The van der Waals surface area contributed by atoms with E-state index in [1.165, 1.54) is 24.3 Å². The van der Waals surface area contributed by atoms with Crippen LogP contribution in [0.1, 0.15) is 17.7 Å². The first-order valence-electron chi connectivity index (χ1n) is 4.72. The van der Waals surface area contributed by atoms with Gasteiger partial charge in [-0.15, -0.1) is 11.3 Å². The molecular formula is C10H15NOS. The Hall–Kier alpha value is -0.540. The monoisotopic (exact) mass is 197 g/mol. The van der Waals surface area contributed by atoms with Gasteiger partial charge in [-0.3, -0.25) is 0 Å². The molecule has 0 saturated heterocycles. The average Bonchev–Trinajstić information content (AvgIpc) is 2.84. The molecule has 13 heavy (non-hydrogen) atoms. The zero-order valence-electron chi connectivity index (χ0n) is 7.88. The summed E-state index contributed by atoms with van der Waals surface area (Å²) in [5.74, 6) is 0.960. The van der Waals surface area contributed by atoms with E-state index in [1.807, 2.05) is 6.07 Å². The van der Waals surface area contributed by atoms with Crippen LogP contribution in [0, 0.1) is 5.92 Å². The van der Waals surface area contributed by atoms with Gasteiger partial charge in [0.05, 0.1) is 7.11 Å². The lowest BCUT2D eigenvalue weighted by Crippen LogP contribution is -2.15. The number of methoxy groups -OCH3 is 1. The molecule has 0 radical (unpaired) electrons. The SMILES string of the molecule is COc1ccc(CNCC2CC2)s1. The van der Waals surface area contributed by atoms with E-state index in [4.69, 9.17) is 4.74 Å². The largest absolute Gasteiger partial charge is 0.487 e. The minimum absolute atomic E-state index is 0.960. The molecular weight excluding hydrogens is 182 g/mol. The summed E-state index contributed by atoms with van der Waals surface area (Å²) >= 11 is 1.72. The first kappa shape index (κ1) is 9.03. The second-order valence-corrected chi connectivity index (χ2v) is 4.63. The molecule has 1 aromatic heterocycles. The Morgan fingerprint density at radius 2 is 2.38 bits per heavy atom. The topological polar surface area (TPSA) is 21.3 Å². The molecule has 0 aromatic carbocycles. The summed E-state index contributed by atoms with van der Waals surface area (Å²) in [4.78, 5) is 1.36. The molecule has 0 aliphatic heterocycles. The van der Waals surface area contributed by atoms with Crippen molar-refractivity contribution in [2.45, 2.75) is 19.4 Å². The Morgan fingerprint density at radius 1 is 1.54 bits per heavy atom. The van der Waals surface area contributed by atoms with Gasteiger partial charge < -0.3 is 10.1 Å². The summed E-state index contributed by atoms with van der Waals surface area (Å²) in [5, 5.41) is 4.46. The molecule has 72 valence electrons. The third-order valence-corrected chi connectivity index (χ3v) is 3.31. The van der Waals surface area contributed by atoms with Crippen LogP contribution in [-0.4, -0.2) is 13.7 Å². The molecule has 1 heterocycles. The maximum Gasteiger partial charge on any atom is 0.173 e. The lowest BCUT2D eigenvalue weighted by molar-refractivity contribution is 0.427. The van der Waals surface area contributed by atoms with Crippen LogP contribution in [0.15, 0.2) is 12.1 Å². The molecule has 0 unspecified atom stereocenters. The van der Waals surface area contributed by atoms with Crippen LogP contribution in [0.5, 0.6) is 5.06 Å². The van der Waals surface area contributed by atoms with E-state index in [0.29, 0.717) is 0 Å². The number of thiophene rings is 1. The summed E-state index contributed by atoms with van der Waals surface area (Å²) in [7, 11) is 1.72. The average molecular weight is 197 g/mol. The van der Waals surface area contributed by atoms with Gasteiger partial charge in [-0.1, -0.05) is 0 Å². The van der Waals surface area contributed by atoms with Crippen LogP contribution in [0.2, 0.25) is 0 Å². The van der Waals surface area contributed by atoms with Crippen LogP contribution < -0.4 is 10.1 Å². The van der Waals surface area contributed by atoms with Crippen molar-refractivity contribution in [2.24, 2.45) is 5.92 Å². The Balaban J connectivity index is 1.72. The van der Waals surface area contributed by atoms with Gasteiger partial charge in [0.1, 0.15) is 0 Å². The number of hydrogen-bond acceptors (Lipinski definition) is 3. The minimum Gasteiger partial charge on any atom is -0.487 e. The summed E-state index contributed by atoms with van der Waals surface area (Å²) in [5.41, 5.74) is 0. The minimum atomic E-state index is 0.960. The van der Waals surface area contributed by atoms with E-state index < -0.39 is 0 Å². The lowest BCUT2D eigenvalue weighted by Gasteiger charge is -1.99. The van der Waals surface area contributed by atoms with Gasteiger partial charge in [0.15, 0.2) is 5.06 Å². The fourth-order valence-corrected chi connectivity index (χ4v) is 2.07. The molecule has 1 N–H and O–H groups in total. The van der Waals surface area contributed by atoms with Crippen LogP contribution in [0.3, 0.4) is 0 Å². The highest BCUT2D eigenvalue weighted by Gasteiger charge is 2.20. The van der Waals surface area contributed by atoms with Crippen molar-refractivity contribution >= 4 is 11.3 Å². The molecule has 1 fully saturated rings. The predicted molar refractivity (Wildman–Crippen MR) is 55.3 cm³/mol. The molecule has 3 heteroatoms. The molecule has 1 aliphatic rings. The molecule has 1 aromatic rings. The summed E-state index contributed by atoms with van der Waals surface area (Å²) in [6.07, 6.45) is 2.83. The van der Waals surface area contributed by atoms with E-state index in [0.717, 1.165) is 17.5 Å². The summed E-state index contributed by atoms with van der Waals surface area (Å²) in [6, 6.07) is 4.15. The molecule has 0 spiro atoms. The standard InChI is InChI=1S/C10H15NOS/c1-12-10-5-4-9(13-10)7-11-6-8-2-3-8/h4-5,8,11H,2-3,6-7H2,1H3. The van der Waals surface area contributed by atoms with Crippen molar-refractivity contribution in [2.75, 3.05) is 13.7 Å². The van der Waals surface area contributed by atoms with E-state index >= 15 is 0 Å². The van der Waals surface area contributed by atoms with Gasteiger partial charge in [-0.05, 0) is 37.4 Å². The molecule has 0 amide bonds. The summed E-state index contributed by atoms with van der Waals surface area (Å²) in [6.45, 7) is 2.17. The summed E-state index contributed by atoms with van der Waals surface area (Å²) < 4.78 is 5.13. The van der Waals surface area contributed by atoms with Crippen molar-refractivity contribution in [1.29, 1.82) is 0 Å². The smallest absolute Gasteiger partial charge is 0.173 e. The fraction of sp³-hybridized carbons (Fsp3) is 0.600. The molecule has 1 saturated carbocycles. The van der Waals surface area contributed by atoms with Gasteiger partial charge in [0, 0.05) is 11.4 Å². The van der Waals surface area contributed by atoms with Gasteiger partial charge in [-0.2, -0.15) is 0 Å². The van der Waals surface area contributed by atoms with E-state index in [2.05, 4.69) is 11.4 Å². The van der Waals surface area contributed by atoms with Crippen molar-refractivity contribution < 1.29 is 4.74 Å². The van der Waals surface area contributed by atoms with Gasteiger partial charge >= 0.3 is 0 Å². The number of nitrogens with one attached hydrogen (secondary N) is 1. The second kappa shape index (κ2) is 4.11. The van der Waals surface area contributed by atoms with Gasteiger partial charge in [-0.25, -0.2) is 0 Å². The quantitative estimate of drug-likeness (QED) is 0.781. The van der Waals surface area contributed by atoms with Crippen molar-refractivity contribution in [3.05, 3.63) is 17.0 Å². The number of rotatable bonds is 5. The zero-order chi connectivity index (χ0) is 9.10. The van der Waals surface area contributed by atoms with Crippen molar-refractivity contribution in [1.82, 2.24) is 5.32 Å². The highest BCUT2D eigenvalue weighted by atomic mass is 32.1. The number of hydrogen-bond donors (Lipinski definition) is 1. The van der Waals surface area contributed by atoms with Crippen LogP contribution >= 0.6 is 11.3 Å². The zero-order valence-corrected chi connectivity index (χ0v) is 8.69. The highest BCUT2D eigenvalue weighted by molar-refractivity contribution is 7.13.